The number of rotatable bonds is 5. The molecule has 0 unspecified atom stereocenters. The highest BCUT2D eigenvalue weighted by atomic mass is 16.5. The molecule has 1 N–H and O–H groups in total. The molecule has 0 aromatic heterocycles. The van der Waals surface area contributed by atoms with E-state index in [0.717, 1.165) is 11.1 Å². The summed E-state index contributed by atoms with van der Waals surface area (Å²) in [5, 5.41) is 8.44. The number of hydrogen-bond acceptors (Lipinski definition) is 2. The Morgan fingerprint density at radius 3 is 2.60 bits per heavy atom. The summed E-state index contributed by atoms with van der Waals surface area (Å²) in [5.41, 5.74) is 2.10. The minimum absolute atomic E-state index is 0.0554. The molecule has 0 heterocycles. The molecule has 1 rings (SSSR count). The van der Waals surface area contributed by atoms with Gasteiger partial charge in [0.15, 0.2) is 0 Å². The molecule has 0 saturated heterocycles. The molecule has 0 aliphatic carbocycles. The smallest absolute Gasteiger partial charge is 0.307 e. The summed E-state index contributed by atoms with van der Waals surface area (Å²) >= 11 is 0. The van der Waals surface area contributed by atoms with Crippen molar-refractivity contribution >= 4 is 12.0 Å². The largest absolute Gasteiger partial charge is 0.481 e. The van der Waals surface area contributed by atoms with E-state index in [2.05, 4.69) is 0 Å². The van der Waals surface area contributed by atoms with Crippen molar-refractivity contribution in [1.82, 2.24) is 0 Å². The zero-order valence-corrected chi connectivity index (χ0v) is 8.64. The van der Waals surface area contributed by atoms with E-state index in [9.17, 15) is 4.79 Å². The molecule has 0 aliphatic rings. The Morgan fingerprint density at radius 1 is 1.40 bits per heavy atom. The molecule has 3 nitrogen and oxygen atoms in total. The molecule has 1 aromatic rings. The lowest BCUT2D eigenvalue weighted by Crippen LogP contribution is -1.89. The Hall–Kier alpha value is -1.61. The highest BCUT2D eigenvalue weighted by Gasteiger charge is 1.92. The van der Waals surface area contributed by atoms with Crippen LogP contribution in [0.3, 0.4) is 0 Å². The molecule has 15 heavy (non-hydrogen) atoms. The van der Waals surface area contributed by atoms with Gasteiger partial charge >= 0.3 is 5.97 Å². The zero-order chi connectivity index (χ0) is 11.1. The van der Waals surface area contributed by atoms with Gasteiger partial charge in [-0.2, -0.15) is 0 Å². The van der Waals surface area contributed by atoms with E-state index >= 15 is 0 Å². The predicted octanol–water partition coefficient (Wildman–Crippen LogP) is 2.32. The van der Waals surface area contributed by atoms with Gasteiger partial charge in [-0.15, -0.1) is 0 Å². The van der Waals surface area contributed by atoms with Gasteiger partial charge < -0.3 is 9.84 Å². The second-order valence-corrected chi connectivity index (χ2v) is 3.17. The van der Waals surface area contributed by atoms with Crippen LogP contribution in [0, 0.1) is 0 Å². The van der Waals surface area contributed by atoms with Crippen molar-refractivity contribution in [3.05, 3.63) is 41.5 Å². The number of carboxylic acid groups (broad SMARTS) is 1. The highest BCUT2D eigenvalue weighted by Crippen LogP contribution is 2.07. The van der Waals surface area contributed by atoms with Crippen LogP contribution in [0.1, 0.15) is 17.5 Å². The van der Waals surface area contributed by atoms with E-state index in [1.165, 1.54) is 0 Å². The van der Waals surface area contributed by atoms with Crippen molar-refractivity contribution < 1.29 is 14.6 Å². The molecule has 0 bridgehead atoms. The highest BCUT2D eigenvalue weighted by molar-refractivity contribution is 5.70. The molecule has 0 fully saturated rings. The van der Waals surface area contributed by atoms with Crippen LogP contribution in [-0.4, -0.2) is 18.2 Å². The number of methoxy groups -OCH3 is 1. The molecular weight excluding hydrogens is 192 g/mol. The number of benzene rings is 1. The predicted molar refractivity (Wildman–Crippen MR) is 58.4 cm³/mol. The minimum atomic E-state index is -0.817. The molecule has 0 amide bonds. The van der Waals surface area contributed by atoms with E-state index < -0.39 is 5.97 Å². The van der Waals surface area contributed by atoms with Gasteiger partial charge in [0.25, 0.3) is 0 Å². The first-order valence-corrected chi connectivity index (χ1v) is 4.68. The average molecular weight is 206 g/mol. The number of hydrogen-bond donors (Lipinski definition) is 1. The van der Waals surface area contributed by atoms with Gasteiger partial charge in [0, 0.05) is 7.11 Å². The first kappa shape index (κ1) is 11.5. The fourth-order valence-electron chi connectivity index (χ4n) is 1.19. The van der Waals surface area contributed by atoms with Crippen LogP contribution in [0.2, 0.25) is 0 Å². The van der Waals surface area contributed by atoms with Crippen LogP contribution < -0.4 is 0 Å². The fourth-order valence-corrected chi connectivity index (χ4v) is 1.19. The summed E-state index contributed by atoms with van der Waals surface area (Å²) in [6.45, 7) is 0.596. The van der Waals surface area contributed by atoms with Gasteiger partial charge in [0.1, 0.15) is 0 Å². The van der Waals surface area contributed by atoms with Gasteiger partial charge in [-0.1, -0.05) is 36.4 Å². The molecule has 1 aromatic carbocycles. The third-order valence-corrected chi connectivity index (χ3v) is 1.89. The van der Waals surface area contributed by atoms with E-state index in [-0.39, 0.29) is 6.42 Å². The second kappa shape index (κ2) is 5.98. The molecule has 0 radical (unpaired) electrons. The third-order valence-electron chi connectivity index (χ3n) is 1.89. The van der Waals surface area contributed by atoms with Gasteiger partial charge in [-0.3, -0.25) is 4.79 Å². The molecule has 3 heteroatoms. The van der Waals surface area contributed by atoms with Crippen molar-refractivity contribution in [2.24, 2.45) is 0 Å². The Kier molecular flexibility index (Phi) is 4.57. The molecule has 80 valence electrons. The Bertz CT molecular complexity index is 338. The normalized spacial score (nSPS) is 10.7. The standard InChI is InChI=1S/C12H14O3/c1-15-9-11-7-5-10(6-8-11)3-2-4-12(13)14/h2-3,5-8H,4,9H2,1H3,(H,13,14). The number of aliphatic carboxylic acids is 1. The van der Waals surface area contributed by atoms with Crippen molar-refractivity contribution in [2.75, 3.05) is 7.11 Å². The first-order valence-electron chi connectivity index (χ1n) is 4.68. The van der Waals surface area contributed by atoms with Crippen LogP contribution in [0.5, 0.6) is 0 Å². The van der Waals surface area contributed by atoms with E-state index in [0.29, 0.717) is 6.61 Å². The Balaban J connectivity index is 2.56. The first-order chi connectivity index (χ1) is 7.22. The summed E-state index contributed by atoms with van der Waals surface area (Å²) in [6, 6.07) is 7.80. The van der Waals surface area contributed by atoms with Crippen LogP contribution in [0.15, 0.2) is 30.3 Å². The summed E-state index contributed by atoms with van der Waals surface area (Å²) in [5.74, 6) is -0.817. The molecule has 0 aliphatic heterocycles. The van der Waals surface area contributed by atoms with Crippen LogP contribution >= 0.6 is 0 Å². The second-order valence-electron chi connectivity index (χ2n) is 3.17. The lowest BCUT2D eigenvalue weighted by molar-refractivity contribution is -0.135. The summed E-state index contributed by atoms with van der Waals surface area (Å²) in [6.07, 6.45) is 3.48. The van der Waals surface area contributed by atoms with Crippen LogP contribution in [-0.2, 0) is 16.1 Å². The molecule has 0 saturated carbocycles. The maximum absolute atomic E-state index is 10.3. The van der Waals surface area contributed by atoms with E-state index in [4.69, 9.17) is 9.84 Å². The summed E-state index contributed by atoms with van der Waals surface area (Å²) in [7, 11) is 1.65. The molecule has 0 atom stereocenters. The summed E-state index contributed by atoms with van der Waals surface area (Å²) < 4.78 is 4.98. The fraction of sp³-hybridized carbons (Fsp3) is 0.250. The van der Waals surface area contributed by atoms with Crippen LogP contribution in [0.4, 0.5) is 0 Å². The number of carboxylic acids is 1. The monoisotopic (exact) mass is 206 g/mol. The van der Waals surface area contributed by atoms with Crippen molar-refractivity contribution in [3.63, 3.8) is 0 Å². The number of ether oxygens (including phenoxy) is 1. The lowest BCUT2D eigenvalue weighted by atomic mass is 10.1. The van der Waals surface area contributed by atoms with Gasteiger partial charge in [-0.25, -0.2) is 0 Å². The average Bonchev–Trinajstić information content (AvgIpc) is 2.20. The minimum Gasteiger partial charge on any atom is -0.481 e. The Morgan fingerprint density at radius 2 is 2.07 bits per heavy atom. The van der Waals surface area contributed by atoms with Gasteiger partial charge in [-0.05, 0) is 11.1 Å². The maximum Gasteiger partial charge on any atom is 0.307 e. The van der Waals surface area contributed by atoms with E-state index in [1.807, 2.05) is 24.3 Å². The van der Waals surface area contributed by atoms with Gasteiger partial charge in [0.2, 0.25) is 0 Å². The lowest BCUT2D eigenvalue weighted by Gasteiger charge is -1.99. The van der Waals surface area contributed by atoms with Crippen molar-refractivity contribution in [2.45, 2.75) is 13.0 Å². The maximum atomic E-state index is 10.3. The summed E-state index contributed by atoms with van der Waals surface area (Å²) in [4.78, 5) is 10.3. The zero-order valence-electron chi connectivity index (χ0n) is 8.64. The van der Waals surface area contributed by atoms with Crippen LogP contribution in [0.25, 0.3) is 6.08 Å². The van der Waals surface area contributed by atoms with Gasteiger partial charge in [0.05, 0.1) is 13.0 Å². The van der Waals surface area contributed by atoms with Crippen molar-refractivity contribution in [1.29, 1.82) is 0 Å². The Labute approximate surface area is 89.0 Å². The molecular formula is C12H14O3. The van der Waals surface area contributed by atoms with E-state index in [1.54, 1.807) is 19.3 Å². The topological polar surface area (TPSA) is 46.5 Å². The SMILES string of the molecule is COCc1ccc(C=CCC(=O)O)cc1. The number of carbonyl (C=O) groups is 1. The van der Waals surface area contributed by atoms with Crippen molar-refractivity contribution in [3.8, 4) is 0 Å². The molecule has 0 spiro atoms. The third kappa shape index (κ3) is 4.42. The quantitative estimate of drug-likeness (QED) is 0.804.